The van der Waals surface area contributed by atoms with Crippen molar-refractivity contribution >= 4 is 17.0 Å². The van der Waals surface area contributed by atoms with Crippen LogP contribution in [0.3, 0.4) is 0 Å². The summed E-state index contributed by atoms with van der Waals surface area (Å²) in [7, 11) is 0. The van der Waals surface area contributed by atoms with Crippen LogP contribution in [0.5, 0.6) is 0 Å². The molecule has 0 aliphatic rings. The fraction of sp³-hybridized carbons (Fsp3) is 0. The van der Waals surface area contributed by atoms with E-state index in [4.69, 9.17) is 5.11 Å². The number of hydrogen-bond donors (Lipinski definition) is 1. The predicted octanol–water partition coefficient (Wildman–Crippen LogP) is 2.40. The molecule has 0 radical (unpaired) electrons. The molecule has 0 fully saturated rings. The zero-order valence-electron chi connectivity index (χ0n) is 9.92. The second-order valence-corrected chi connectivity index (χ2v) is 4.14. The zero-order chi connectivity index (χ0) is 14.3. The molecule has 3 aromatic rings. The van der Waals surface area contributed by atoms with Crippen molar-refractivity contribution in [3.63, 3.8) is 0 Å². The molecule has 0 saturated carbocycles. The fourth-order valence-electron chi connectivity index (χ4n) is 1.90. The van der Waals surface area contributed by atoms with Crippen LogP contribution in [0.15, 0.2) is 36.4 Å². The molecule has 0 aliphatic carbocycles. The minimum Gasteiger partial charge on any atom is -0.478 e. The number of carboxylic acid groups (broad SMARTS) is 1. The molecule has 1 N–H and O–H groups in total. The van der Waals surface area contributed by atoms with Crippen LogP contribution in [0.4, 0.5) is 8.78 Å². The number of aromatic nitrogens is 3. The summed E-state index contributed by atoms with van der Waals surface area (Å²) >= 11 is 0. The summed E-state index contributed by atoms with van der Waals surface area (Å²) in [6.07, 6.45) is 0. The lowest BCUT2D eigenvalue weighted by Gasteiger charge is -2.03. The van der Waals surface area contributed by atoms with Gasteiger partial charge < -0.3 is 5.11 Å². The van der Waals surface area contributed by atoms with Gasteiger partial charge in [0.25, 0.3) is 0 Å². The predicted molar refractivity (Wildman–Crippen MR) is 65.7 cm³/mol. The van der Waals surface area contributed by atoms with Gasteiger partial charge in [0.2, 0.25) is 0 Å². The summed E-state index contributed by atoms with van der Waals surface area (Å²) in [5.74, 6) is -2.61. The van der Waals surface area contributed by atoms with Gasteiger partial charge >= 0.3 is 5.97 Å². The van der Waals surface area contributed by atoms with E-state index in [1.54, 1.807) is 0 Å². The second kappa shape index (κ2) is 4.37. The third-order valence-corrected chi connectivity index (χ3v) is 2.78. The number of nitrogens with zero attached hydrogens (tertiary/aromatic N) is 3. The number of hydrogen-bond acceptors (Lipinski definition) is 3. The molecule has 0 amide bonds. The van der Waals surface area contributed by atoms with E-state index < -0.39 is 17.6 Å². The Labute approximate surface area is 111 Å². The van der Waals surface area contributed by atoms with Crippen LogP contribution in [0, 0.1) is 11.6 Å². The maximum Gasteiger partial charge on any atom is 0.335 e. The van der Waals surface area contributed by atoms with E-state index in [0.717, 1.165) is 18.2 Å². The second-order valence-electron chi connectivity index (χ2n) is 4.14. The zero-order valence-corrected chi connectivity index (χ0v) is 9.92. The molecule has 1 heterocycles. The molecule has 100 valence electrons. The highest BCUT2D eigenvalue weighted by atomic mass is 19.1. The number of carbonyl (C=O) groups is 1. The highest BCUT2D eigenvalue weighted by Gasteiger charge is 2.12. The van der Waals surface area contributed by atoms with Crippen LogP contribution in [-0.2, 0) is 0 Å². The minimum absolute atomic E-state index is 0.0397. The lowest BCUT2D eigenvalue weighted by atomic mass is 10.2. The molecule has 3 rings (SSSR count). The van der Waals surface area contributed by atoms with Crippen molar-refractivity contribution in [2.75, 3.05) is 0 Å². The monoisotopic (exact) mass is 275 g/mol. The van der Waals surface area contributed by atoms with E-state index in [9.17, 15) is 13.6 Å². The molecular weight excluding hydrogens is 268 g/mol. The molecule has 0 aliphatic heterocycles. The van der Waals surface area contributed by atoms with E-state index in [2.05, 4.69) is 10.3 Å². The van der Waals surface area contributed by atoms with Gasteiger partial charge in [-0.25, -0.2) is 18.3 Å². The van der Waals surface area contributed by atoms with E-state index in [1.807, 2.05) is 0 Å². The SMILES string of the molecule is O=C(O)c1ccc2nnn(-c3cc(F)cc(F)c3)c2c1. The van der Waals surface area contributed by atoms with Gasteiger partial charge in [0, 0.05) is 6.07 Å². The molecule has 7 heteroatoms. The lowest BCUT2D eigenvalue weighted by Crippen LogP contribution is -2.00. The summed E-state index contributed by atoms with van der Waals surface area (Å²) in [6, 6.07) is 7.13. The molecule has 0 bridgehead atoms. The molecule has 2 aromatic carbocycles. The number of halogens is 2. The van der Waals surface area contributed by atoms with Gasteiger partial charge in [-0.2, -0.15) is 0 Å². The number of fused-ring (bicyclic) bond motifs is 1. The number of carboxylic acids is 1. The van der Waals surface area contributed by atoms with Crippen molar-refractivity contribution in [1.82, 2.24) is 15.0 Å². The molecule has 0 spiro atoms. The van der Waals surface area contributed by atoms with Gasteiger partial charge in [-0.15, -0.1) is 5.10 Å². The maximum atomic E-state index is 13.2. The molecule has 5 nitrogen and oxygen atoms in total. The van der Waals surface area contributed by atoms with Gasteiger partial charge in [-0.1, -0.05) is 5.21 Å². The molecular formula is C13H7F2N3O2. The smallest absolute Gasteiger partial charge is 0.335 e. The Morgan fingerprint density at radius 3 is 2.45 bits per heavy atom. The van der Waals surface area contributed by atoms with Crippen molar-refractivity contribution in [2.24, 2.45) is 0 Å². The van der Waals surface area contributed by atoms with Crippen molar-refractivity contribution in [2.45, 2.75) is 0 Å². The summed E-state index contributed by atoms with van der Waals surface area (Å²) in [5.41, 5.74) is 0.958. The summed E-state index contributed by atoms with van der Waals surface area (Å²) in [5, 5.41) is 16.6. The van der Waals surface area contributed by atoms with Crippen LogP contribution >= 0.6 is 0 Å². The topological polar surface area (TPSA) is 68.0 Å². The Morgan fingerprint density at radius 2 is 1.80 bits per heavy atom. The largest absolute Gasteiger partial charge is 0.478 e. The Balaban J connectivity index is 2.25. The fourth-order valence-corrected chi connectivity index (χ4v) is 1.90. The highest BCUT2D eigenvalue weighted by Crippen LogP contribution is 2.19. The van der Waals surface area contributed by atoms with E-state index in [1.165, 1.54) is 22.9 Å². The third-order valence-electron chi connectivity index (χ3n) is 2.78. The van der Waals surface area contributed by atoms with Crippen molar-refractivity contribution < 1.29 is 18.7 Å². The molecule has 0 atom stereocenters. The Bertz CT molecular complexity index is 809. The van der Waals surface area contributed by atoms with Crippen LogP contribution in [0.2, 0.25) is 0 Å². The third kappa shape index (κ3) is 1.99. The first-order valence-electron chi connectivity index (χ1n) is 5.60. The van der Waals surface area contributed by atoms with Gasteiger partial charge in [0.15, 0.2) is 0 Å². The Morgan fingerprint density at radius 1 is 1.10 bits per heavy atom. The first-order valence-corrected chi connectivity index (χ1v) is 5.60. The maximum absolute atomic E-state index is 13.2. The first kappa shape index (κ1) is 12.2. The molecule has 0 unspecified atom stereocenters. The number of aromatic carboxylic acids is 1. The van der Waals surface area contributed by atoms with Crippen LogP contribution < -0.4 is 0 Å². The van der Waals surface area contributed by atoms with Gasteiger partial charge in [-0.05, 0) is 30.3 Å². The molecule has 1 aromatic heterocycles. The standard InChI is InChI=1S/C13H7F2N3O2/c14-8-4-9(15)6-10(5-8)18-12-3-7(13(19)20)1-2-11(12)16-17-18/h1-6H,(H,19,20). The number of benzene rings is 2. The average Bonchev–Trinajstić information content (AvgIpc) is 2.80. The highest BCUT2D eigenvalue weighted by molar-refractivity contribution is 5.92. The Hall–Kier alpha value is -2.83. The van der Waals surface area contributed by atoms with Crippen LogP contribution in [0.1, 0.15) is 10.4 Å². The van der Waals surface area contributed by atoms with Crippen molar-refractivity contribution in [3.05, 3.63) is 53.6 Å². The van der Waals surface area contributed by atoms with Crippen molar-refractivity contribution in [3.8, 4) is 5.69 Å². The lowest BCUT2D eigenvalue weighted by molar-refractivity contribution is 0.0697. The summed E-state index contributed by atoms with van der Waals surface area (Å²) in [6.45, 7) is 0. The summed E-state index contributed by atoms with van der Waals surface area (Å²) < 4.78 is 27.7. The van der Waals surface area contributed by atoms with Crippen LogP contribution in [0.25, 0.3) is 16.7 Å². The summed E-state index contributed by atoms with van der Waals surface area (Å²) in [4.78, 5) is 11.0. The van der Waals surface area contributed by atoms with E-state index in [-0.39, 0.29) is 11.3 Å². The van der Waals surface area contributed by atoms with Gasteiger partial charge in [0.1, 0.15) is 17.2 Å². The van der Waals surface area contributed by atoms with E-state index >= 15 is 0 Å². The first-order chi connectivity index (χ1) is 9.54. The van der Waals surface area contributed by atoms with Gasteiger partial charge in [0.05, 0.1) is 16.8 Å². The average molecular weight is 275 g/mol. The number of rotatable bonds is 2. The van der Waals surface area contributed by atoms with Crippen molar-refractivity contribution in [1.29, 1.82) is 0 Å². The normalized spacial score (nSPS) is 10.9. The quantitative estimate of drug-likeness (QED) is 0.779. The molecule has 0 saturated heterocycles. The minimum atomic E-state index is -1.11. The Kier molecular flexibility index (Phi) is 2.67. The van der Waals surface area contributed by atoms with Gasteiger partial charge in [-0.3, -0.25) is 0 Å². The van der Waals surface area contributed by atoms with E-state index in [0.29, 0.717) is 11.0 Å². The van der Waals surface area contributed by atoms with Crippen LogP contribution in [-0.4, -0.2) is 26.1 Å². The molecule has 20 heavy (non-hydrogen) atoms.